The van der Waals surface area contributed by atoms with Crippen LogP contribution in [0.25, 0.3) is 11.0 Å². The fourth-order valence-electron chi connectivity index (χ4n) is 4.15. The third-order valence-corrected chi connectivity index (χ3v) is 5.55. The number of carbonyl (C=O) groups is 2. The predicted octanol–water partition coefficient (Wildman–Crippen LogP) is 3.39. The van der Waals surface area contributed by atoms with Gasteiger partial charge in [-0.05, 0) is 36.6 Å². The smallest absolute Gasteiger partial charge is 0.326 e. The number of aliphatic carboxylic acids is 1. The van der Waals surface area contributed by atoms with Crippen molar-refractivity contribution in [3.05, 3.63) is 70.1 Å². The molecule has 3 N–H and O–H groups in total. The quantitative estimate of drug-likeness (QED) is 0.597. The van der Waals surface area contributed by atoms with Crippen molar-refractivity contribution in [1.82, 2.24) is 14.9 Å². The molecule has 0 spiro atoms. The molecule has 1 saturated carbocycles. The van der Waals surface area contributed by atoms with Crippen molar-refractivity contribution in [2.45, 2.75) is 44.2 Å². The van der Waals surface area contributed by atoms with Crippen LogP contribution in [0.3, 0.4) is 0 Å². The highest BCUT2D eigenvalue weighted by molar-refractivity contribution is 5.97. The van der Waals surface area contributed by atoms with Gasteiger partial charge in [0.05, 0.1) is 23.5 Å². The second-order valence-electron chi connectivity index (χ2n) is 7.50. The van der Waals surface area contributed by atoms with Crippen molar-refractivity contribution in [3.8, 4) is 0 Å². The minimum atomic E-state index is -0.993. The number of hydrogen-bond donors (Lipinski definition) is 3. The van der Waals surface area contributed by atoms with Crippen LogP contribution < -0.4 is 11.0 Å². The monoisotopic (exact) mass is 393 g/mol. The standard InChI is InChI=1S/C22H23N3O4/c26-20(27)13-17(14-6-2-1-3-7-14)23-21(28)15-10-11-19-18(12-15)24-22(29)25(19)16-8-4-5-9-16/h1-3,6-7,10-12,16-17H,4-5,8-9,13H2,(H,23,28)(H,24,29)(H,26,27). The molecule has 29 heavy (non-hydrogen) atoms. The Balaban J connectivity index is 1.61. The number of amides is 1. The first kappa shape index (κ1) is 19.0. The molecule has 3 aromatic rings. The fraction of sp³-hybridized carbons (Fsp3) is 0.318. The lowest BCUT2D eigenvalue weighted by Crippen LogP contribution is -2.30. The number of fused-ring (bicyclic) bond motifs is 1. The number of nitrogens with one attached hydrogen (secondary N) is 2. The molecule has 1 heterocycles. The molecule has 1 fully saturated rings. The second-order valence-corrected chi connectivity index (χ2v) is 7.50. The molecule has 1 aromatic heterocycles. The van der Waals surface area contributed by atoms with Gasteiger partial charge in [-0.15, -0.1) is 0 Å². The van der Waals surface area contributed by atoms with E-state index in [0.717, 1.165) is 36.8 Å². The zero-order chi connectivity index (χ0) is 20.4. The Hall–Kier alpha value is -3.35. The van der Waals surface area contributed by atoms with Gasteiger partial charge in [0, 0.05) is 11.6 Å². The van der Waals surface area contributed by atoms with Gasteiger partial charge in [-0.25, -0.2) is 4.79 Å². The van der Waals surface area contributed by atoms with Crippen LogP contribution in [0.1, 0.15) is 60.1 Å². The van der Waals surface area contributed by atoms with E-state index < -0.39 is 12.0 Å². The lowest BCUT2D eigenvalue weighted by atomic mass is 10.0. The number of aromatic nitrogens is 2. The molecule has 7 heteroatoms. The molecule has 0 aliphatic heterocycles. The molecule has 1 aliphatic rings. The second kappa shape index (κ2) is 7.95. The summed E-state index contributed by atoms with van der Waals surface area (Å²) >= 11 is 0. The SMILES string of the molecule is O=C(O)CC(NC(=O)c1ccc2c(c1)[nH]c(=O)n2C1CCCC1)c1ccccc1. The molecule has 1 atom stereocenters. The van der Waals surface area contributed by atoms with Gasteiger partial charge in [0.15, 0.2) is 0 Å². The van der Waals surface area contributed by atoms with Crippen LogP contribution in [0.15, 0.2) is 53.3 Å². The third-order valence-electron chi connectivity index (χ3n) is 5.55. The number of hydrogen-bond acceptors (Lipinski definition) is 3. The summed E-state index contributed by atoms with van der Waals surface area (Å²) < 4.78 is 1.79. The molecular weight excluding hydrogens is 370 g/mol. The number of benzene rings is 2. The summed E-state index contributed by atoms with van der Waals surface area (Å²) in [4.78, 5) is 39.3. The van der Waals surface area contributed by atoms with E-state index in [2.05, 4.69) is 10.3 Å². The fourth-order valence-corrected chi connectivity index (χ4v) is 4.15. The van der Waals surface area contributed by atoms with E-state index in [4.69, 9.17) is 0 Å². The van der Waals surface area contributed by atoms with Crippen LogP contribution in [0.5, 0.6) is 0 Å². The maximum absolute atomic E-state index is 12.8. The molecule has 4 rings (SSSR count). The Labute approximate surface area is 167 Å². The van der Waals surface area contributed by atoms with Crippen molar-refractivity contribution in [3.63, 3.8) is 0 Å². The van der Waals surface area contributed by atoms with Crippen molar-refractivity contribution in [2.75, 3.05) is 0 Å². The van der Waals surface area contributed by atoms with Crippen LogP contribution in [-0.4, -0.2) is 26.5 Å². The summed E-state index contributed by atoms with van der Waals surface area (Å²) in [6.45, 7) is 0. The molecule has 1 unspecified atom stereocenters. The van der Waals surface area contributed by atoms with E-state index in [1.54, 1.807) is 47.0 Å². The molecule has 150 valence electrons. The Kier molecular flexibility index (Phi) is 5.20. The molecular formula is C22H23N3O4. The molecule has 1 amide bonds. The van der Waals surface area contributed by atoms with Gasteiger partial charge in [0.1, 0.15) is 0 Å². The first-order chi connectivity index (χ1) is 14.0. The lowest BCUT2D eigenvalue weighted by molar-refractivity contribution is -0.137. The predicted molar refractivity (Wildman–Crippen MR) is 109 cm³/mol. The van der Waals surface area contributed by atoms with Crippen LogP contribution in [-0.2, 0) is 4.79 Å². The van der Waals surface area contributed by atoms with E-state index in [1.165, 1.54) is 0 Å². The number of rotatable bonds is 6. The minimum absolute atomic E-state index is 0.155. The molecule has 1 aliphatic carbocycles. The van der Waals surface area contributed by atoms with Crippen LogP contribution in [0, 0.1) is 0 Å². The van der Waals surface area contributed by atoms with Gasteiger partial charge >= 0.3 is 11.7 Å². The maximum atomic E-state index is 12.8. The highest BCUT2D eigenvalue weighted by Crippen LogP contribution is 2.30. The van der Waals surface area contributed by atoms with Crippen molar-refractivity contribution < 1.29 is 14.7 Å². The van der Waals surface area contributed by atoms with Crippen molar-refractivity contribution in [1.29, 1.82) is 0 Å². The number of carboxylic acid groups (broad SMARTS) is 1. The zero-order valence-electron chi connectivity index (χ0n) is 15.9. The van der Waals surface area contributed by atoms with E-state index >= 15 is 0 Å². The number of H-pyrrole nitrogens is 1. The number of aromatic amines is 1. The van der Waals surface area contributed by atoms with Crippen LogP contribution in [0.4, 0.5) is 0 Å². The third kappa shape index (κ3) is 3.94. The summed E-state index contributed by atoms with van der Waals surface area (Å²) in [5.74, 6) is -1.37. The first-order valence-corrected chi connectivity index (χ1v) is 9.85. The van der Waals surface area contributed by atoms with Gasteiger partial charge < -0.3 is 15.4 Å². The summed E-state index contributed by atoms with van der Waals surface area (Å²) in [6.07, 6.45) is 4.00. The maximum Gasteiger partial charge on any atom is 0.326 e. The van der Waals surface area contributed by atoms with Gasteiger partial charge in [-0.1, -0.05) is 43.2 Å². The number of carbonyl (C=O) groups excluding carboxylic acids is 1. The van der Waals surface area contributed by atoms with Crippen molar-refractivity contribution in [2.24, 2.45) is 0 Å². The Morgan fingerprint density at radius 1 is 1.14 bits per heavy atom. The first-order valence-electron chi connectivity index (χ1n) is 9.85. The van der Waals surface area contributed by atoms with Crippen LogP contribution in [0.2, 0.25) is 0 Å². The zero-order valence-corrected chi connectivity index (χ0v) is 15.9. The van der Waals surface area contributed by atoms with E-state index in [-0.39, 0.29) is 24.1 Å². The molecule has 7 nitrogen and oxygen atoms in total. The number of imidazole rings is 1. The largest absolute Gasteiger partial charge is 0.481 e. The molecule has 2 aromatic carbocycles. The van der Waals surface area contributed by atoms with Gasteiger partial charge in [-0.3, -0.25) is 14.2 Å². The summed E-state index contributed by atoms with van der Waals surface area (Å²) in [5, 5.41) is 12.0. The lowest BCUT2D eigenvalue weighted by Gasteiger charge is -2.17. The average molecular weight is 393 g/mol. The minimum Gasteiger partial charge on any atom is -0.481 e. The van der Waals surface area contributed by atoms with Crippen molar-refractivity contribution >= 4 is 22.9 Å². The highest BCUT2D eigenvalue weighted by Gasteiger charge is 2.23. The van der Waals surface area contributed by atoms with Crippen LogP contribution >= 0.6 is 0 Å². The Bertz CT molecular complexity index is 1090. The van der Waals surface area contributed by atoms with Gasteiger partial charge in [0.2, 0.25) is 0 Å². The highest BCUT2D eigenvalue weighted by atomic mass is 16.4. The normalized spacial score (nSPS) is 15.4. The van der Waals surface area contributed by atoms with Gasteiger partial charge in [0.25, 0.3) is 5.91 Å². The van der Waals surface area contributed by atoms with E-state index in [1.807, 2.05) is 6.07 Å². The summed E-state index contributed by atoms with van der Waals surface area (Å²) in [6, 6.07) is 13.7. The molecule has 0 bridgehead atoms. The summed E-state index contributed by atoms with van der Waals surface area (Å²) in [5.41, 5.74) is 2.36. The van der Waals surface area contributed by atoms with E-state index in [9.17, 15) is 19.5 Å². The Morgan fingerprint density at radius 3 is 2.55 bits per heavy atom. The van der Waals surface area contributed by atoms with E-state index in [0.29, 0.717) is 11.1 Å². The molecule has 0 radical (unpaired) electrons. The summed E-state index contributed by atoms with van der Waals surface area (Å²) in [7, 11) is 0. The van der Waals surface area contributed by atoms with Gasteiger partial charge in [-0.2, -0.15) is 0 Å². The topological polar surface area (TPSA) is 104 Å². The average Bonchev–Trinajstić information content (AvgIpc) is 3.33. The molecule has 0 saturated heterocycles. The number of carboxylic acids is 1. The number of nitrogens with zero attached hydrogens (tertiary/aromatic N) is 1. The Morgan fingerprint density at radius 2 is 1.86 bits per heavy atom.